The molecule has 2 unspecified atom stereocenters. The monoisotopic (exact) mass is 231 g/mol. The van der Waals surface area contributed by atoms with Crippen LogP contribution in [-0.2, 0) is 6.42 Å². The van der Waals surface area contributed by atoms with Crippen molar-refractivity contribution in [3.63, 3.8) is 0 Å². The van der Waals surface area contributed by atoms with Gasteiger partial charge in [-0.05, 0) is 43.5 Å². The predicted octanol–water partition coefficient (Wildman–Crippen LogP) is 3.24. The van der Waals surface area contributed by atoms with Crippen LogP contribution < -0.4 is 10.1 Å². The van der Waals surface area contributed by atoms with Crippen molar-refractivity contribution in [3.8, 4) is 5.75 Å². The highest BCUT2D eigenvalue weighted by Crippen LogP contribution is 2.37. The molecule has 2 atom stereocenters. The SMILES string of the molecule is C=CC(C)Oc1cccc2c1CCC2NCC. The van der Waals surface area contributed by atoms with Gasteiger partial charge in [-0.2, -0.15) is 0 Å². The van der Waals surface area contributed by atoms with Crippen molar-refractivity contribution in [2.75, 3.05) is 6.54 Å². The average Bonchev–Trinajstić information content (AvgIpc) is 2.74. The van der Waals surface area contributed by atoms with Gasteiger partial charge in [-0.15, -0.1) is 0 Å². The molecule has 0 saturated carbocycles. The average molecular weight is 231 g/mol. The van der Waals surface area contributed by atoms with Crippen LogP contribution in [0, 0.1) is 0 Å². The Morgan fingerprint density at radius 2 is 2.41 bits per heavy atom. The lowest BCUT2D eigenvalue weighted by molar-refractivity contribution is 0.268. The van der Waals surface area contributed by atoms with Crippen LogP contribution in [0.15, 0.2) is 30.9 Å². The Labute approximate surface area is 104 Å². The molecule has 0 amide bonds. The van der Waals surface area contributed by atoms with E-state index in [2.05, 4.69) is 37.0 Å². The standard InChI is InChI=1S/C15H21NO/c1-4-11(3)17-15-8-6-7-12-13(15)9-10-14(12)16-5-2/h4,6-8,11,14,16H,1,5,9-10H2,2-3H3. The van der Waals surface area contributed by atoms with Crippen molar-refractivity contribution < 1.29 is 4.74 Å². The minimum Gasteiger partial charge on any atom is -0.486 e. The quantitative estimate of drug-likeness (QED) is 0.785. The van der Waals surface area contributed by atoms with Crippen LogP contribution in [0.1, 0.15) is 37.4 Å². The second kappa shape index (κ2) is 5.37. The van der Waals surface area contributed by atoms with E-state index >= 15 is 0 Å². The molecule has 1 aromatic carbocycles. The number of fused-ring (bicyclic) bond motifs is 1. The summed E-state index contributed by atoms with van der Waals surface area (Å²) < 4.78 is 5.89. The highest BCUT2D eigenvalue weighted by Gasteiger charge is 2.24. The van der Waals surface area contributed by atoms with E-state index in [4.69, 9.17) is 4.74 Å². The van der Waals surface area contributed by atoms with Crippen LogP contribution in [0.5, 0.6) is 5.75 Å². The molecule has 92 valence electrons. The summed E-state index contributed by atoms with van der Waals surface area (Å²) in [6, 6.07) is 6.85. The Balaban J connectivity index is 2.23. The number of benzene rings is 1. The molecule has 0 fully saturated rings. The van der Waals surface area contributed by atoms with Crippen molar-refractivity contribution in [3.05, 3.63) is 42.0 Å². The summed E-state index contributed by atoms with van der Waals surface area (Å²) in [4.78, 5) is 0. The normalized spacial score (nSPS) is 19.8. The van der Waals surface area contributed by atoms with E-state index in [0.717, 1.165) is 18.7 Å². The molecular formula is C15H21NO. The molecule has 17 heavy (non-hydrogen) atoms. The highest BCUT2D eigenvalue weighted by atomic mass is 16.5. The van der Waals surface area contributed by atoms with Gasteiger partial charge in [0.15, 0.2) is 0 Å². The van der Waals surface area contributed by atoms with Gasteiger partial charge < -0.3 is 10.1 Å². The topological polar surface area (TPSA) is 21.3 Å². The van der Waals surface area contributed by atoms with Crippen LogP contribution in [-0.4, -0.2) is 12.6 Å². The van der Waals surface area contributed by atoms with Gasteiger partial charge in [0.1, 0.15) is 11.9 Å². The van der Waals surface area contributed by atoms with Crippen LogP contribution in [0.2, 0.25) is 0 Å². The van der Waals surface area contributed by atoms with Crippen LogP contribution in [0.3, 0.4) is 0 Å². The van der Waals surface area contributed by atoms with E-state index < -0.39 is 0 Å². The smallest absolute Gasteiger partial charge is 0.123 e. The van der Waals surface area contributed by atoms with Gasteiger partial charge in [-0.3, -0.25) is 0 Å². The van der Waals surface area contributed by atoms with E-state index in [-0.39, 0.29) is 6.10 Å². The van der Waals surface area contributed by atoms with E-state index in [1.807, 2.05) is 13.0 Å². The molecule has 0 aliphatic heterocycles. The van der Waals surface area contributed by atoms with Gasteiger partial charge >= 0.3 is 0 Å². The largest absolute Gasteiger partial charge is 0.486 e. The molecule has 0 radical (unpaired) electrons. The van der Waals surface area contributed by atoms with E-state index in [0.29, 0.717) is 6.04 Å². The van der Waals surface area contributed by atoms with Gasteiger partial charge in [0, 0.05) is 6.04 Å². The maximum Gasteiger partial charge on any atom is 0.123 e. The van der Waals surface area contributed by atoms with Gasteiger partial charge in [-0.1, -0.05) is 31.7 Å². The lowest BCUT2D eigenvalue weighted by atomic mass is 10.1. The summed E-state index contributed by atoms with van der Waals surface area (Å²) in [5.41, 5.74) is 2.77. The fourth-order valence-corrected chi connectivity index (χ4v) is 2.44. The van der Waals surface area contributed by atoms with Crippen LogP contribution in [0.25, 0.3) is 0 Å². The number of rotatable bonds is 5. The van der Waals surface area contributed by atoms with Crippen molar-refractivity contribution in [1.29, 1.82) is 0 Å². The maximum atomic E-state index is 5.89. The first-order chi connectivity index (χ1) is 8.26. The third kappa shape index (κ3) is 2.52. The van der Waals surface area contributed by atoms with Crippen molar-refractivity contribution in [1.82, 2.24) is 5.32 Å². The first-order valence-corrected chi connectivity index (χ1v) is 6.40. The Morgan fingerprint density at radius 3 is 3.12 bits per heavy atom. The Kier molecular flexibility index (Phi) is 3.85. The Bertz CT molecular complexity index is 400. The lowest BCUT2D eigenvalue weighted by Gasteiger charge is -2.16. The lowest BCUT2D eigenvalue weighted by Crippen LogP contribution is -2.18. The molecule has 0 bridgehead atoms. The van der Waals surface area contributed by atoms with Crippen molar-refractivity contribution in [2.45, 2.75) is 38.8 Å². The molecule has 0 saturated heterocycles. The Hall–Kier alpha value is -1.28. The summed E-state index contributed by atoms with van der Waals surface area (Å²) in [6.07, 6.45) is 4.18. The minimum atomic E-state index is 0.0692. The molecule has 2 rings (SSSR count). The van der Waals surface area contributed by atoms with Crippen molar-refractivity contribution in [2.24, 2.45) is 0 Å². The zero-order chi connectivity index (χ0) is 12.3. The van der Waals surface area contributed by atoms with Crippen molar-refractivity contribution >= 4 is 0 Å². The van der Waals surface area contributed by atoms with Gasteiger partial charge in [0.25, 0.3) is 0 Å². The van der Waals surface area contributed by atoms with Gasteiger partial charge in [0.05, 0.1) is 0 Å². The van der Waals surface area contributed by atoms with E-state index in [1.165, 1.54) is 17.5 Å². The summed E-state index contributed by atoms with van der Waals surface area (Å²) in [5, 5.41) is 3.52. The summed E-state index contributed by atoms with van der Waals surface area (Å²) in [6.45, 7) is 8.94. The highest BCUT2D eigenvalue weighted by molar-refractivity contribution is 5.45. The zero-order valence-electron chi connectivity index (χ0n) is 10.7. The summed E-state index contributed by atoms with van der Waals surface area (Å²) in [7, 11) is 0. The van der Waals surface area contributed by atoms with E-state index in [9.17, 15) is 0 Å². The Morgan fingerprint density at radius 1 is 1.59 bits per heavy atom. The first kappa shape index (κ1) is 12.2. The molecule has 2 nitrogen and oxygen atoms in total. The summed E-state index contributed by atoms with van der Waals surface area (Å²) >= 11 is 0. The molecule has 1 aliphatic carbocycles. The minimum absolute atomic E-state index is 0.0692. The fraction of sp³-hybridized carbons (Fsp3) is 0.467. The van der Waals surface area contributed by atoms with Crippen LogP contribution >= 0.6 is 0 Å². The fourth-order valence-electron chi connectivity index (χ4n) is 2.44. The molecular weight excluding hydrogens is 210 g/mol. The summed E-state index contributed by atoms with van der Waals surface area (Å²) in [5.74, 6) is 1.02. The molecule has 1 aromatic rings. The molecule has 1 aliphatic rings. The molecule has 2 heteroatoms. The molecule has 0 aromatic heterocycles. The molecule has 0 heterocycles. The first-order valence-electron chi connectivity index (χ1n) is 6.40. The molecule has 1 N–H and O–H groups in total. The number of hydrogen-bond acceptors (Lipinski definition) is 2. The van der Waals surface area contributed by atoms with Crippen LogP contribution in [0.4, 0.5) is 0 Å². The number of nitrogens with one attached hydrogen (secondary N) is 1. The maximum absolute atomic E-state index is 5.89. The third-order valence-electron chi connectivity index (χ3n) is 3.32. The second-order valence-corrected chi connectivity index (χ2v) is 4.53. The molecule has 0 spiro atoms. The predicted molar refractivity (Wildman–Crippen MR) is 71.5 cm³/mol. The second-order valence-electron chi connectivity index (χ2n) is 4.53. The third-order valence-corrected chi connectivity index (χ3v) is 3.32. The zero-order valence-corrected chi connectivity index (χ0v) is 10.7. The van der Waals surface area contributed by atoms with Gasteiger partial charge in [-0.25, -0.2) is 0 Å². The van der Waals surface area contributed by atoms with E-state index in [1.54, 1.807) is 0 Å². The number of ether oxygens (including phenoxy) is 1. The number of hydrogen-bond donors (Lipinski definition) is 1. The van der Waals surface area contributed by atoms with Gasteiger partial charge in [0.2, 0.25) is 0 Å².